The highest BCUT2D eigenvalue weighted by Gasteiger charge is 2.23. The standard InChI is InChI=1S/C20H33N3O3S/c1-15(2)19(16(3)4)21-20(24)18-8-6-17(7-9-18)14-22-10-12-23(13-11-22)27(5,25)26/h6-9,15-16,19H,10-14H2,1-5H3,(H,21,24). The Kier molecular flexibility index (Phi) is 7.42. The van der Waals surface area contributed by atoms with E-state index in [0.29, 0.717) is 30.5 Å². The number of nitrogens with zero attached hydrogens (tertiary/aromatic N) is 2. The van der Waals surface area contributed by atoms with Crippen molar-refractivity contribution in [2.45, 2.75) is 40.3 Å². The van der Waals surface area contributed by atoms with Crippen LogP contribution in [0.3, 0.4) is 0 Å². The van der Waals surface area contributed by atoms with Crippen LogP contribution >= 0.6 is 0 Å². The van der Waals surface area contributed by atoms with Crippen LogP contribution in [-0.2, 0) is 16.6 Å². The Morgan fingerprint density at radius 1 is 1.00 bits per heavy atom. The minimum absolute atomic E-state index is 0.0317. The van der Waals surface area contributed by atoms with Crippen molar-refractivity contribution in [3.63, 3.8) is 0 Å². The maximum atomic E-state index is 12.5. The predicted molar refractivity (Wildman–Crippen MR) is 109 cm³/mol. The molecule has 1 amide bonds. The average molecular weight is 396 g/mol. The number of piperazine rings is 1. The van der Waals surface area contributed by atoms with Gasteiger partial charge in [-0.25, -0.2) is 8.42 Å². The average Bonchev–Trinajstić information content (AvgIpc) is 2.59. The Bertz CT molecular complexity index is 713. The Balaban J connectivity index is 1.91. The molecule has 6 nitrogen and oxygen atoms in total. The van der Waals surface area contributed by atoms with Gasteiger partial charge < -0.3 is 5.32 Å². The summed E-state index contributed by atoms with van der Waals surface area (Å²) >= 11 is 0. The molecule has 1 saturated heterocycles. The lowest BCUT2D eigenvalue weighted by atomic mass is 9.93. The summed E-state index contributed by atoms with van der Waals surface area (Å²) in [6.45, 7) is 11.8. The van der Waals surface area contributed by atoms with Crippen LogP contribution < -0.4 is 5.32 Å². The molecule has 1 aliphatic heterocycles. The fraction of sp³-hybridized carbons (Fsp3) is 0.650. The van der Waals surface area contributed by atoms with E-state index in [2.05, 4.69) is 37.9 Å². The van der Waals surface area contributed by atoms with E-state index in [4.69, 9.17) is 0 Å². The number of hydrogen-bond acceptors (Lipinski definition) is 4. The van der Waals surface area contributed by atoms with Crippen molar-refractivity contribution < 1.29 is 13.2 Å². The molecule has 1 aliphatic rings. The molecule has 27 heavy (non-hydrogen) atoms. The summed E-state index contributed by atoms with van der Waals surface area (Å²) < 4.78 is 24.7. The van der Waals surface area contributed by atoms with Gasteiger partial charge in [0.2, 0.25) is 10.0 Å². The lowest BCUT2D eigenvalue weighted by Gasteiger charge is -2.33. The SMILES string of the molecule is CC(C)C(NC(=O)c1ccc(CN2CCN(S(C)(=O)=O)CC2)cc1)C(C)C. The molecule has 7 heteroatoms. The smallest absolute Gasteiger partial charge is 0.251 e. The second kappa shape index (κ2) is 9.17. The van der Waals surface area contributed by atoms with Crippen molar-refractivity contribution in [3.05, 3.63) is 35.4 Å². The van der Waals surface area contributed by atoms with E-state index in [1.165, 1.54) is 10.6 Å². The molecule has 152 valence electrons. The van der Waals surface area contributed by atoms with E-state index in [1.54, 1.807) is 0 Å². The van der Waals surface area contributed by atoms with Crippen molar-refractivity contribution in [2.24, 2.45) is 11.8 Å². The summed E-state index contributed by atoms with van der Waals surface area (Å²) in [5.74, 6) is 0.744. The second-order valence-corrected chi connectivity index (χ2v) is 10.1. The summed E-state index contributed by atoms with van der Waals surface area (Å²) in [6, 6.07) is 7.86. The third-order valence-corrected chi connectivity index (χ3v) is 6.46. The lowest BCUT2D eigenvalue weighted by molar-refractivity contribution is 0.0910. The Morgan fingerprint density at radius 3 is 1.96 bits per heavy atom. The highest BCUT2D eigenvalue weighted by atomic mass is 32.2. The third-order valence-electron chi connectivity index (χ3n) is 5.16. The van der Waals surface area contributed by atoms with Crippen LogP contribution in [0.2, 0.25) is 0 Å². The zero-order valence-electron chi connectivity index (χ0n) is 17.1. The van der Waals surface area contributed by atoms with Crippen molar-refractivity contribution >= 4 is 15.9 Å². The van der Waals surface area contributed by atoms with E-state index < -0.39 is 10.0 Å². The van der Waals surface area contributed by atoms with Crippen molar-refractivity contribution in [1.82, 2.24) is 14.5 Å². The largest absolute Gasteiger partial charge is 0.349 e. The molecule has 1 N–H and O–H groups in total. The first kappa shape index (κ1) is 21.9. The summed E-state index contributed by atoms with van der Waals surface area (Å²) in [7, 11) is -3.10. The number of benzene rings is 1. The monoisotopic (exact) mass is 395 g/mol. The van der Waals surface area contributed by atoms with Gasteiger partial charge in [0.05, 0.1) is 6.26 Å². The van der Waals surface area contributed by atoms with Crippen LogP contribution in [0.4, 0.5) is 0 Å². The van der Waals surface area contributed by atoms with E-state index in [0.717, 1.165) is 25.2 Å². The zero-order valence-corrected chi connectivity index (χ0v) is 17.9. The molecule has 0 unspecified atom stereocenters. The molecular formula is C20H33N3O3S. The molecule has 0 aromatic heterocycles. The van der Waals surface area contributed by atoms with Gasteiger partial charge in [-0.3, -0.25) is 9.69 Å². The topological polar surface area (TPSA) is 69.7 Å². The van der Waals surface area contributed by atoms with Gasteiger partial charge in [-0.05, 0) is 29.5 Å². The molecule has 2 rings (SSSR count). The Morgan fingerprint density at radius 2 is 1.52 bits per heavy atom. The van der Waals surface area contributed by atoms with Crippen molar-refractivity contribution in [2.75, 3.05) is 32.4 Å². The fourth-order valence-corrected chi connectivity index (χ4v) is 4.40. The lowest BCUT2D eigenvalue weighted by Crippen LogP contribution is -2.47. The van der Waals surface area contributed by atoms with Gasteiger partial charge in [0.1, 0.15) is 0 Å². The van der Waals surface area contributed by atoms with Gasteiger partial charge in [-0.15, -0.1) is 0 Å². The number of carbonyl (C=O) groups excluding carboxylic acids is 1. The van der Waals surface area contributed by atoms with Gasteiger partial charge in [0.25, 0.3) is 5.91 Å². The molecule has 0 aliphatic carbocycles. The number of amides is 1. The highest BCUT2D eigenvalue weighted by Crippen LogP contribution is 2.15. The van der Waals surface area contributed by atoms with Crippen LogP contribution in [0.25, 0.3) is 0 Å². The minimum Gasteiger partial charge on any atom is -0.349 e. The maximum absolute atomic E-state index is 12.5. The van der Waals surface area contributed by atoms with Gasteiger partial charge in [-0.2, -0.15) is 4.31 Å². The summed E-state index contributed by atoms with van der Waals surface area (Å²) in [5, 5.41) is 3.14. The molecule has 1 aromatic carbocycles. The molecule has 0 bridgehead atoms. The van der Waals surface area contributed by atoms with E-state index in [9.17, 15) is 13.2 Å². The van der Waals surface area contributed by atoms with E-state index in [1.807, 2.05) is 24.3 Å². The first-order valence-corrected chi connectivity index (χ1v) is 11.5. The van der Waals surface area contributed by atoms with Crippen LogP contribution in [0, 0.1) is 11.8 Å². The summed E-state index contributed by atoms with van der Waals surface area (Å²) in [6.07, 6.45) is 1.26. The molecular weight excluding hydrogens is 362 g/mol. The fourth-order valence-electron chi connectivity index (χ4n) is 3.58. The van der Waals surface area contributed by atoms with Crippen molar-refractivity contribution in [3.8, 4) is 0 Å². The van der Waals surface area contributed by atoms with Crippen LogP contribution in [0.1, 0.15) is 43.6 Å². The normalized spacial score (nSPS) is 17.0. The van der Waals surface area contributed by atoms with Gasteiger partial charge in [0, 0.05) is 44.3 Å². The maximum Gasteiger partial charge on any atom is 0.251 e. The molecule has 0 saturated carbocycles. The minimum atomic E-state index is -3.10. The van der Waals surface area contributed by atoms with Gasteiger partial charge in [-0.1, -0.05) is 39.8 Å². The first-order valence-electron chi connectivity index (χ1n) is 9.65. The molecule has 1 heterocycles. The Hall–Kier alpha value is -1.44. The number of sulfonamides is 1. The third kappa shape index (κ3) is 6.30. The number of rotatable bonds is 7. The van der Waals surface area contributed by atoms with Crippen LogP contribution in [0.15, 0.2) is 24.3 Å². The van der Waals surface area contributed by atoms with Gasteiger partial charge in [0.15, 0.2) is 0 Å². The van der Waals surface area contributed by atoms with E-state index in [-0.39, 0.29) is 11.9 Å². The van der Waals surface area contributed by atoms with Crippen LogP contribution in [0.5, 0.6) is 0 Å². The first-order chi connectivity index (χ1) is 12.6. The number of carbonyl (C=O) groups is 1. The quantitative estimate of drug-likeness (QED) is 0.768. The predicted octanol–water partition coefficient (Wildman–Crippen LogP) is 2.17. The number of hydrogen-bond donors (Lipinski definition) is 1. The molecule has 0 spiro atoms. The Labute approximate surface area is 164 Å². The zero-order chi connectivity index (χ0) is 20.2. The summed E-state index contributed by atoms with van der Waals surface area (Å²) in [5.41, 5.74) is 1.80. The molecule has 0 atom stereocenters. The number of nitrogens with one attached hydrogen (secondary N) is 1. The molecule has 1 aromatic rings. The van der Waals surface area contributed by atoms with Crippen molar-refractivity contribution in [1.29, 1.82) is 0 Å². The molecule has 0 radical (unpaired) electrons. The van der Waals surface area contributed by atoms with Crippen LogP contribution in [-0.4, -0.2) is 62.0 Å². The van der Waals surface area contributed by atoms with Gasteiger partial charge >= 0.3 is 0 Å². The highest BCUT2D eigenvalue weighted by molar-refractivity contribution is 7.88. The molecule has 1 fully saturated rings. The second-order valence-electron chi connectivity index (χ2n) is 8.12. The summed E-state index contributed by atoms with van der Waals surface area (Å²) in [4.78, 5) is 14.8. The van der Waals surface area contributed by atoms with E-state index >= 15 is 0 Å².